The van der Waals surface area contributed by atoms with Crippen LogP contribution in [0.2, 0.25) is 0 Å². The Kier molecular flexibility index (Phi) is 5.58. The number of anilines is 1. The smallest absolute Gasteiger partial charge is 0.0674 e. The lowest BCUT2D eigenvalue weighted by Gasteiger charge is -2.36. The number of aromatic nitrogens is 1. The first-order valence-corrected chi connectivity index (χ1v) is 14.7. The number of benzene rings is 6. The molecule has 1 aliphatic rings. The highest BCUT2D eigenvalue weighted by atomic mass is 15.2. The SMILES string of the molecule is CN1c2c(ccc3c2c2ccccc2n3-c2cccc(-c3ccccc3)c2)C(C)(c2ccccc2)C1c1ccccc1. The van der Waals surface area contributed by atoms with E-state index in [2.05, 4.69) is 175 Å². The minimum absolute atomic E-state index is 0.158. The fourth-order valence-electron chi connectivity index (χ4n) is 7.51. The van der Waals surface area contributed by atoms with E-state index in [4.69, 9.17) is 0 Å². The van der Waals surface area contributed by atoms with Crippen LogP contribution in [-0.2, 0) is 5.41 Å². The average molecular weight is 541 g/mol. The molecule has 1 aliphatic heterocycles. The van der Waals surface area contributed by atoms with E-state index in [1.165, 1.54) is 61.0 Å². The standard InChI is InChI=1S/C40H32N2/c1-40(31-20-10-5-11-21-31)34-25-26-36-37(38(34)41(2)39(40)29-17-8-4-9-18-29)33-23-12-13-24-35(33)42(36)32-22-14-19-30(27-32)28-15-6-3-7-16-28/h3-27,39H,1-2H3. The molecule has 0 saturated carbocycles. The second-order valence-electron chi connectivity index (χ2n) is 11.6. The summed E-state index contributed by atoms with van der Waals surface area (Å²) < 4.78 is 2.45. The van der Waals surface area contributed by atoms with Gasteiger partial charge in [-0.15, -0.1) is 0 Å². The number of nitrogens with zero attached hydrogens (tertiary/aromatic N) is 2. The number of likely N-dealkylation sites (N-methyl/N-ethyl adjacent to an activating group) is 1. The normalized spacial score (nSPS) is 18.0. The molecule has 0 aliphatic carbocycles. The molecule has 6 aromatic carbocycles. The highest BCUT2D eigenvalue weighted by Gasteiger charge is 2.49. The van der Waals surface area contributed by atoms with Crippen molar-refractivity contribution in [2.24, 2.45) is 0 Å². The topological polar surface area (TPSA) is 8.17 Å². The summed E-state index contributed by atoms with van der Waals surface area (Å²) in [4.78, 5) is 2.54. The molecule has 0 spiro atoms. The Labute approximate surface area is 247 Å². The summed E-state index contributed by atoms with van der Waals surface area (Å²) in [5.41, 5.74) is 11.2. The number of para-hydroxylation sites is 1. The zero-order valence-electron chi connectivity index (χ0n) is 23.9. The third-order valence-electron chi connectivity index (χ3n) is 9.36. The Morgan fingerprint density at radius 3 is 1.98 bits per heavy atom. The highest BCUT2D eigenvalue weighted by molar-refractivity contribution is 6.16. The van der Waals surface area contributed by atoms with Crippen LogP contribution in [0.25, 0.3) is 38.6 Å². The van der Waals surface area contributed by atoms with Crippen molar-refractivity contribution in [3.05, 3.63) is 168 Å². The maximum absolute atomic E-state index is 2.54. The van der Waals surface area contributed by atoms with Crippen molar-refractivity contribution in [1.82, 2.24) is 4.57 Å². The molecule has 7 aromatic rings. The fraction of sp³-hybridized carbons (Fsp3) is 0.100. The summed E-state index contributed by atoms with van der Waals surface area (Å²) in [5, 5.41) is 2.60. The van der Waals surface area contributed by atoms with Crippen molar-refractivity contribution in [2.45, 2.75) is 18.4 Å². The molecule has 202 valence electrons. The molecule has 2 heteroatoms. The molecule has 0 radical (unpaired) electrons. The molecule has 2 unspecified atom stereocenters. The second-order valence-corrected chi connectivity index (χ2v) is 11.6. The molecule has 1 aromatic heterocycles. The van der Waals surface area contributed by atoms with Crippen LogP contribution >= 0.6 is 0 Å². The zero-order chi connectivity index (χ0) is 28.3. The van der Waals surface area contributed by atoms with Crippen LogP contribution in [0.1, 0.15) is 29.7 Å². The highest BCUT2D eigenvalue weighted by Crippen LogP contribution is 2.58. The van der Waals surface area contributed by atoms with Crippen molar-refractivity contribution >= 4 is 27.5 Å². The van der Waals surface area contributed by atoms with Gasteiger partial charge in [-0.05, 0) is 59.0 Å². The van der Waals surface area contributed by atoms with E-state index < -0.39 is 0 Å². The second kappa shape index (κ2) is 9.49. The van der Waals surface area contributed by atoms with Crippen molar-refractivity contribution in [2.75, 3.05) is 11.9 Å². The molecule has 0 saturated heterocycles. The van der Waals surface area contributed by atoms with Gasteiger partial charge in [-0.1, -0.05) is 127 Å². The third-order valence-corrected chi connectivity index (χ3v) is 9.36. The van der Waals surface area contributed by atoms with Gasteiger partial charge in [0.25, 0.3) is 0 Å². The Bertz CT molecular complexity index is 2060. The molecule has 0 N–H and O–H groups in total. The molecule has 0 fully saturated rings. The third kappa shape index (κ3) is 3.51. The summed E-state index contributed by atoms with van der Waals surface area (Å²) in [6.45, 7) is 2.43. The lowest BCUT2D eigenvalue weighted by atomic mass is 9.70. The fourth-order valence-corrected chi connectivity index (χ4v) is 7.51. The van der Waals surface area contributed by atoms with Gasteiger partial charge in [-0.2, -0.15) is 0 Å². The van der Waals surface area contributed by atoms with E-state index >= 15 is 0 Å². The van der Waals surface area contributed by atoms with Gasteiger partial charge < -0.3 is 9.47 Å². The Morgan fingerprint density at radius 1 is 0.571 bits per heavy atom. The number of hydrogen-bond acceptors (Lipinski definition) is 1. The predicted octanol–water partition coefficient (Wildman–Crippen LogP) is 9.95. The number of hydrogen-bond donors (Lipinski definition) is 0. The molecule has 2 atom stereocenters. The largest absolute Gasteiger partial charge is 0.365 e. The van der Waals surface area contributed by atoms with Gasteiger partial charge in [0, 0.05) is 28.9 Å². The first-order valence-electron chi connectivity index (χ1n) is 14.7. The number of rotatable bonds is 4. The lowest BCUT2D eigenvalue weighted by Crippen LogP contribution is -2.34. The molecule has 42 heavy (non-hydrogen) atoms. The van der Waals surface area contributed by atoms with Crippen molar-refractivity contribution < 1.29 is 0 Å². The monoisotopic (exact) mass is 540 g/mol. The summed E-state index contributed by atoms with van der Waals surface area (Å²) in [6.07, 6.45) is 0. The van der Waals surface area contributed by atoms with E-state index in [0.29, 0.717) is 0 Å². The van der Waals surface area contributed by atoms with Crippen LogP contribution in [0.5, 0.6) is 0 Å². The molecule has 2 nitrogen and oxygen atoms in total. The van der Waals surface area contributed by atoms with Crippen molar-refractivity contribution in [3.8, 4) is 16.8 Å². The van der Waals surface area contributed by atoms with Crippen LogP contribution in [0.4, 0.5) is 5.69 Å². The van der Waals surface area contributed by atoms with Gasteiger partial charge in [-0.25, -0.2) is 0 Å². The van der Waals surface area contributed by atoms with Crippen LogP contribution in [0.15, 0.2) is 152 Å². The molecule has 0 bridgehead atoms. The summed E-state index contributed by atoms with van der Waals surface area (Å²) >= 11 is 0. The van der Waals surface area contributed by atoms with Gasteiger partial charge in [0.05, 0.1) is 22.8 Å². The van der Waals surface area contributed by atoms with Crippen LogP contribution < -0.4 is 4.90 Å². The molecular formula is C40H32N2. The van der Waals surface area contributed by atoms with Gasteiger partial charge in [0.2, 0.25) is 0 Å². The van der Waals surface area contributed by atoms with Crippen LogP contribution in [-0.4, -0.2) is 11.6 Å². The zero-order valence-corrected chi connectivity index (χ0v) is 23.9. The van der Waals surface area contributed by atoms with Gasteiger partial charge >= 0.3 is 0 Å². The molecule has 0 amide bonds. The first kappa shape index (κ1) is 24.7. The molecule has 8 rings (SSSR count). The summed E-state index contributed by atoms with van der Waals surface area (Å²) in [5.74, 6) is 0. The minimum Gasteiger partial charge on any atom is -0.365 e. The predicted molar refractivity (Wildman–Crippen MR) is 177 cm³/mol. The number of fused-ring (bicyclic) bond motifs is 5. The molecule has 2 heterocycles. The van der Waals surface area contributed by atoms with Crippen LogP contribution in [0.3, 0.4) is 0 Å². The van der Waals surface area contributed by atoms with E-state index in [0.717, 1.165) is 0 Å². The lowest BCUT2D eigenvalue weighted by molar-refractivity contribution is 0.476. The van der Waals surface area contributed by atoms with Gasteiger partial charge in [0.15, 0.2) is 0 Å². The molecular weight excluding hydrogens is 508 g/mol. The van der Waals surface area contributed by atoms with E-state index in [-0.39, 0.29) is 11.5 Å². The van der Waals surface area contributed by atoms with Crippen molar-refractivity contribution in [3.63, 3.8) is 0 Å². The Hall–Kier alpha value is -5.08. The Morgan fingerprint density at radius 2 is 1.21 bits per heavy atom. The Balaban J connectivity index is 1.43. The van der Waals surface area contributed by atoms with E-state index in [1.807, 2.05) is 0 Å². The quantitative estimate of drug-likeness (QED) is 0.216. The maximum atomic E-state index is 2.54. The van der Waals surface area contributed by atoms with Gasteiger partial charge in [-0.3, -0.25) is 0 Å². The van der Waals surface area contributed by atoms with Gasteiger partial charge in [0.1, 0.15) is 0 Å². The first-order chi connectivity index (χ1) is 20.7. The maximum Gasteiger partial charge on any atom is 0.0674 e. The summed E-state index contributed by atoms with van der Waals surface area (Å²) in [6, 6.07) is 55.4. The average Bonchev–Trinajstić information content (AvgIpc) is 3.51. The van der Waals surface area contributed by atoms with E-state index in [9.17, 15) is 0 Å². The summed E-state index contributed by atoms with van der Waals surface area (Å²) in [7, 11) is 2.28. The minimum atomic E-state index is -0.225. The van der Waals surface area contributed by atoms with Crippen molar-refractivity contribution in [1.29, 1.82) is 0 Å². The van der Waals surface area contributed by atoms with E-state index in [1.54, 1.807) is 0 Å². The van der Waals surface area contributed by atoms with Crippen LogP contribution in [0, 0.1) is 0 Å².